The summed E-state index contributed by atoms with van der Waals surface area (Å²) < 4.78 is 31.5. The first-order chi connectivity index (χ1) is 17.5. The van der Waals surface area contributed by atoms with E-state index in [1.54, 1.807) is 42.5 Å². The number of carbonyl (C=O) groups is 1. The summed E-state index contributed by atoms with van der Waals surface area (Å²) >= 11 is 0. The van der Waals surface area contributed by atoms with Crippen molar-refractivity contribution in [1.29, 1.82) is 0 Å². The lowest BCUT2D eigenvalue weighted by atomic mass is 10.0. The van der Waals surface area contributed by atoms with Gasteiger partial charge >= 0.3 is 5.69 Å². The molecule has 2 N–H and O–H groups in total. The van der Waals surface area contributed by atoms with E-state index in [0.717, 1.165) is 10.1 Å². The van der Waals surface area contributed by atoms with Gasteiger partial charge in [0.15, 0.2) is 0 Å². The van der Waals surface area contributed by atoms with Crippen molar-refractivity contribution in [2.45, 2.75) is 30.7 Å². The van der Waals surface area contributed by atoms with Gasteiger partial charge in [-0.05, 0) is 47.4 Å². The molecule has 0 saturated heterocycles. The van der Waals surface area contributed by atoms with Gasteiger partial charge in [-0.2, -0.15) is 4.72 Å². The van der Waals surface area contributed by atoms with E-state index in [0.29, 0.717) is 22.7 Å². The van der Waals surface area contributed by atoms with Gasteiger partial charge in [-0.1, -0.05) is 56.3 Å². The second-order valence-corrected chi connectivity index (χ2v) is 10.8. The fraction of sp³-hybridized carbons (Fsp3) is 0.222. The molecular formula is C27H28N4O5S. The van der Waals surface area contributed by atoms with Crippen LogP contribution >= 0.6 is 0 Å². The molecule has 0 radical (unpaired) electrons. The zero-order chi connectivity index (χ0) is 26.9. The van der Waals surface area contributed by atoms with Crippen LogP contribution in [0.3, 0.4) is 0 Å². The number of sulfonamides is 1. The van der Waals surface area contributed by atoms with Crippen LogP contribution in [0, 0.1) is 0 Å². The maximum Gasteiger partial charge on any atom is 0.330 e. The normalized spacial score (nSPS) is 12.6. The first-order valence-electron chi connectivity index (χ1n) is 11.7. The predicted octanol–water partition coefficient (Wildman–Crippen LogP) is 3.02. The van der Waals surface area contributed by atoms with E-state index < -0.39 is 33.2 Å². The number of hydrogen-bond acceptors (Lipinski definition) is 5. The number of benzene rings is 3. The molecule has 192 valence electrons. The number of carbonyl (C=O) groups excluding carboxylic acids is 1. The zero-order valence-corrected chi connectivity index (χ0v) is 21.7. The number of aromatic nitrogens is 2. The van der Waals surface area contributed by atoms with Crippen LogP contribution in [0.25, 0.3) is 10.9 Å². The van der Waals surface area contributed by atoms with E-state index in [9.17, 15) is 22.8 Å². The minimum atomic E-state index is -4.25. The third-order valence-electron chi connectivity index (χ3n) is 6.26. The third kappa shape index (κ3) is 5.25. The van der Waals surface area contributed by atoms with Gasteiger partial charge < -0.3 is 5.32 Å². The van der Waals surface area contributed by atoms with E-state index in [1.807, 2.05) is 12.1 Å². The Labute approximate surface area is 214 Å². The standard InChI is InChI=1S/C27H28N4O5S/c1-17(2)18-10-12-20(13-11-18)28-25(32)24(19-8-6-5-7-9-19)29-37(35,36)21-14-15-23-22(16-21)26(33)31(4)27(34)30(23)3/h5-17,24,29H,1-4H3,(H,28,32)/t24-/m1/s1. The van der Waals surface area contributed by atoms with Gasteiger partial charge in [-0.15, -0.1) is 0 Å². The molecule has 0 unspecified atom stereocenters. The Hall–Kier alpha value is -4.02. The molecule has 9 nitrogen and oxygen atoms in total. The van der Waals surface area contributed by atoms with E-state index in [1.165, 1.54) is 36.9 Å². The number of rotatable bonds is 7. The summed E-state index contributed by atoms with van der Waals surface area (Å²) in [6.45, 7) is 4.13. The average molecular weight is 521 g/mol. The maximum absolute atomic E-state index is 13.4. The minimum absolute atomic E-state index is 0.0680. The Balaban J connectivity index is 1.70. The molecule has 1 atom stereocenters. The molecule has 4 aromatic rings. The van der Waals surface area contributed by atoms with Crippen LogP contribution in [0.1, 0.15) is 36.9 Å². The molecule has 3 aromatic carbocycles. The highest BCUT2D eigenvalue weighted by Crippen LogP contribution is 2.23. The van der Waals surface area contributed by atoms with Gasteiger partial charge in [0.1, 0.15) is 6.04 Å². The van der Waals surface area contributed by atoms with Gasteiger partial charge in [0.25, 0.3) is 5.56 Å². The maximum atomic E-state index is 13.4. The van der Waals surface area contributed by atoms with Crippen LogP contribution in [0.4, 0.5) is 5.69 Å². The Morgan fingerprint density at radius 2 is 1.49 bits per heavy atom. The second kappa shape index (κ2) is 10.2. The van der Waals surface area contributed by atoms with Crippen LogP contribution in [0.2, 0.25) is 0 Å². The second-order valence-electron chi connectivity index (χ2n) is 9.12. The van der Waals surface area contributed by atoms with Crippen molar-refractivity contribution in [3.63, 3.8) is 0 Å². The summed E-state index contributed by atoms with van der Waals surface area (Å²) in [5.41, 5.74) is 1.25. The highest BCUT2D eigenvalue weighted by molar-refractivity contribution is 7.89. The summed E-state index contributed by atoms with van der Waals surface area (Å²) in [6.07, 6.45) is 0. The number of anilines is 1. The SMILES string of the molecule is CC(C)c1ccc(NC(=O)[C@H](NS(=O)(=O)c2ccc3c(c2)c(=O)n(C)c(=O)n3C)c2ccccc2)cc1. The fourth-order valence-electron chi connectivity index (χ4n) is 4.05. The van der Waals surface area contributed by atoms with Crippen molar-refractivity contribution in [3.05, 3.63) is 105 Å². The van der Waals surface area contributed by atoms with Gasteiger partial charge in [-0.3, -0.25) is 18.7 Å². The largest absolute Gasteiger partial charge is 0.330 e. The Bertz CT molecular complexity index is 1690. The molecule has 1 aromatic heterocycles. The topological polar surface area (TPSA) is 119 Å². The lowest BCUT2D eigenvalue weighted by Crippen LogP contribution is -2.38. The fourth-order valence-corrected chi connectivity index (χ4v) is 5.26. The quantitative estimate of drug-likeness (QED) is 0.388. The third-order valence-corrected chi connectivity index (χ3v) is 7.68. The molecule has 10 heteroatoms. The van der Waals surface area contributed by atoms with Crippen molar-refractivity contribution in [1.82, 2.24) is 13.9 Å². The number of aryl methyl sites for hydroxylation is 1. The lowest BCUT2D eigenvalue weighted by molar-refractivity contribution is -0.117. The molecule has 0 aliphatic carbocycles. The van der Waals surface area contributed by atoms with Gasteiger partial charge in [-0.25, -0.2) is 13.2 Å². The number of nitrogens with zero attached hydrogens (tertiary/aromatic N) is 2. The molecule has 0 saturated carbocycles. The number of hydrogen-bond donors (Lipinski definition) is 2. The highest BCUT2D eigenvalue weighted by atomic mass is 32.2. The summed E-state index contributed by atoms with van der Waals surface area (Å²) in [7, 11) is -1.43. The smallest absolute Gasteiger partial charge is 0.324 e. The van der Waals surface area contributed by atoms with Crippen molar-refractivity contribution in [2.24, 2.45) is 14.1 Å². The predicted molar refractivity (Wildman–Crippen MR) is 143 cm³/mol. The highest BCUT2D eigenvalue weighted by Gasteiger charge is 2.28. The van der Waals surface area contributed by atoms with Gasteiger partial charge in [0.2, 0.25) is 15.9 Å². The van der Waals surface area contributed by atoms with Gasteiger partial charge in [0.05, 0.1) is 15.8 Å². The van der Waals surface area contributed by atoms with Gasteiger partial charge in [0, 0.05) is 19.8 Å². The Morgan fingerprint density at radius 3 is 2.11 bits per heavy atom. The summed E-state index contributed by atoms with van der Waals surface area (Å²) in [5, 5.41) is 2.85. The van der Waals surface area contributed by atoms with E-state index in [-0.39, 0.29) is 10.3 Å². The average Bonchev–Trinajstić information content (AvgIpc) is 2.89. The number of amides is 1. The molecule has 37 heavy (non-hydrogen) atoms. The molecule has 1 heterocycles. The molecule has 0 bridgehead atoms. The zero-order valence-electron chi connectivity index (χ0n) is 20.9. The summed E-state index contributed by atoms with van der Waals surface area (Å²) in [5.74, 6) is -0.235. The number of fused-ring (bicyclic) bond motifs is 1. The first-order valence-corrected chi connectivity index (χ1v) is 13.2. The van der Waals surface area contributed by atoms with E-state index in [4.69, 9.17) is 0 Å². The Morgan fingerprint density at radius 1 is 0.838 bits per heavy atom. The molecule has 4 rings (SSSR count). The molecule has 0 spiro atoms. The van der Waals surface area contributed by atoms with E-state index >= 15 is 0 Å². The molecule has 1 amide bonds. The Kier molecular flexibility index (Phi) is 7.15. The van der Waals surface area contributed by atoms with Crippen molar-refractivity contribution in [2.75, 3.05) is 5.32 Å². The van der Waals surface area contributed by atoms with Crippen molar-refractivity contribution < 1.29 is 13.2 Å². The molecule has 0 fully saturated rings. The van der Waals surface area contributed by atoms with Crippen molar-refractivity contribution >= 4 is 32.5 Å². The molecule has 0 aliphatic heterocycles. The molecule has 0 aliphatic rings. The van der Waals surface area contributed by atoms with E-state index in [2.05, 4.69) is 23.9 Å². The van der Waals surface area contributed by atoms with Crippen molar-refractivity contribution in [3.8, 4) is 0 Å². The molecular weight excluding hydrogens is 492 g/mol. The monoisotopic (exact) mass is 520 g/mol. The lowest BCUT2D eigenvalue weighted by Gasteiger charge is -2.19. The summed E-state index contributed by atoms with van der Waals surface area (Å²) in [4.78, 5) is 38.0. The number of nitrogens with one attached hydrogen (secondary N) is 2. The summed E-state index contributed by atoms with van der Waals surface area (Å²) in [6, 6.07) is 18.5. The van der Waals surface area contributed by atoms with Crippen LogP contribution in [-0.4, -0.2) is 23.5 Å². The minimum Gasteiger partial charge on any atom is -0.324 e. The van der Waals surface area contributed by atoms with Crippen LogP contribution in [0.5, 0.6) is 0 Å². The van der Waals surface area contributed by atoms with Crippen LogP contribution in [0.15, 0.2) is 87.3 Å². The van der Waals surface area contributed by atoms with Crippen LogP contribution in [-0.2, 0) is 28.9 Å². The van der Waals surface area contributed by atoms with Crippen LogP contribution < -0.4 is 21.3 Å². The first kappa shape index (κ1) is 26.1.